The van der Waals surface area contributed by atoms with Crippen LogP contribution < -0.4 is 11.1 Å². The second-order valence-corrected chi connectivity index (χ2v) is 3.44. The minimum absolute atomic E-state index is 0.140. The normalized spacial score (nSPS) is 10.2. The average Bonchev–Trinajstić information content (AvgIpc) is 2.16. The number of carbonyl (C=O) groups excluding carboxylic acids is 1. The van der Waals surface area contributed by atoms with Crippen molar-refractivity contribution in [1.29, 1.82) is 0 Å². The highest BCUT2D eigenvalue weighted by Gasteiger charge is 2.13. The molecule has 0 fully saturated rings. The number of carboxylic acid groups (broad SMARTS) is 1. The van der Waals surface area contributed by atoms with Gasteiger partial charge in [-0.25, -0.2) is 14.8 Å². The van der Waals surface area contributed by atoms with E-state index >= 15 is 0 Å². The number of carbonyl (C=O) groups is 2. The number of aromatic carboxylic acids is 1. The first-order valence-corrected chi connectivity index (χ1v) is 4.58. The van der Waals surface area contributed by atoms with Crippen LogP contribution in [0.2, 0.25) is 0 Å². The molecule has 1 amide bonds. The zero-order valence-corrected chi connectivity index (χ0v) is 8.89. The quantitative estimate of drug-likeness (QED) is 0.681. The van der Waals surface area contributed by atoms with Crippen molar-refractivity contribution in [3.63, 3.8) is 0 Å². The van der Waals surface area contributed by atoms with Crippen LogP contribution in [0.25, 0.3) is 0 Å². The third-order valence-corrected chi connectivity index (χ3v) is 1.78. The molecule has 4 N–H and O–H groups in total. The fourth-order valence-corrected chi connectivity index (χ4v) is 0.899. The van der Waals surface area contributed by atoms with Crippen molar-refractivity contribution in [3.8, 4) is 0 Å². The Morgan fingerprint density at radius 1 is 1.50 bits per heavy atom. The summed E-state index contributed by atoms with van der Waals surface area (Å²) in [6, 6.07) is 0. The van der Waals surface area contributed by atoms with Gasteiger partial charge < -0.3 is 16.2 Å². The molecular formula is C9H12N4O3. The van der Waals surface area contributed by atoms with E-state index in [4.69, 9.17) is 10.8 Å². The van der Waals surface area contributed by atoms with Gasteiger partial charge in [-0.2, -0.15) is 0 Å². The van der Waals surface area contributed by atoms with Gasteiger partial charge in [0.25, 0.3) is 0 Å². The second kappa shape index (κ2) is 4.56. The van der Waals surface area contributed by atoms with Crippen LogP contribution in [0.1, 0.15) is 24.3 Å². The third kappa shape index (κ3) is 2.66. The number of hydrogen-bond acceptors (Lipinski definition) is 5. The zero-order valence-electron chi connectivity index (χ0n) is 8.89. The van der Waals surface area contributed by atoms with Crippen LogP contribution in [-0.2, 0) is 4.79 Å². The summed E-state index contributed by atoms with van der Waals surface area (Å²) in [6.07, 6.45) is 1.15. The molecular weight excluding hydrogens is 212 g/mol. The molecule has 86 valence electrons. The van der Waals surface area contributed by atoms with Crippen LogP contribution in [0.5, 0.6) is 0 Å². The summed E-state index contributed by atoms with van der Waals surface area (Å²) in [6.45, 7) is 3.44. The second-order valence-electron chi connectivity index (χ2n) is 3.44. The van der Waals surface area contributed by atoms with Crippen molar-refractivity contribution in [1.82, 2.24) is 9.97 Å². The molecule has 1 aromatic heterocycles. The Morgan fingerprint density at radius 2 is 2.12 bits per heavy atom. The molecule has 16 heavy (non-hydrogen) atoms. The van der Waals surface area contributed by atoms with E-state index in [0.717, 1.165) is 6.20 Å². The molecule has 0 saturated heterocycles. The van der Waals surface area contributed by atoms with Gasteiger partial charge in [0.1, 0.15) is 0 Å². The Hall–Kier alpha value is -2.18. The Morgan fingerprint density at radius 3 is 2.56 bits per heavy atom. The van der Waals surface area contributed by atoms with Gasteiger partial charge >= 0.3 is 5.97 Å². The lowest BCUT2D eigenvalue weighted by molar-refractivity contribution is -0.118. The van der Waals surface area contributed by atoms with E-state index in [-0.39, 0.29) is 29.2 Å². The van der Waals surface area contributed by atoms with E-state index in [1.54, 1.807) is 13.8 Å². The topological polar surface area (TPSA) is 118 Å². The molecule has 0 saturated carbocycles. The van der Waals surface area contributed by atoms with Crippen LogP contribution >= 0.6 is 0 Å². The number of nitrogen functional groups attached to an aromatic ring is 1. The van der Waals surface area contributed by atoms with Gasteiger partial charge in [0.2, 0.25) is 5.91 Å². The SMILES string of the molecule is CC(C)C(=O)Nc1cnc(C(=O)O)c(N)n1. The Balaban J connectivity index is 2.90. The van der Waals surface area contributed by atoms with Crippen LogP contribution in [-0.4, -0.2) is 27.0 Å². The summed E-state index contributed by atoms with van der Waals surface area (Å²) in [5, 5.41) is 11.1. The highest BCUT2D eigenvalue weighted by molar-refractivity contribution is 5.93. The highest BCUT2D eigenvalue weighted by atomic mass is 16.4. The van der Waals surface area contributed by atoms with Crippen molar-refractivity contribution < 1.29 is 14.7 Å². The summed E-state index contributed by atoms with van der Waals surface area (Å²) in [5.41, 5.74) is 5.04. The predicted octanol–water partition coefficient (Wildman–Crippen LogP) is 0.351. The van der Waals surface area contributed by atoms with E-state index in [0.29, 0.717) is 0 Å². The van der Waals surface area contributed by atoms with Gasteiger partial charge in [-0.1, -0.05) is 13.8 Å². The number of nitrogens with zero attached hydrogens (tertiary/aromatic N) is 2. The number of amides is 1. The summed E-state index contributed by atoms with van der Waals surface area (Å²) in [4.78, 5) is 29.2. The first kappa shape index (κ1) is 11.9. The van der Waals surface area contributed by atoms with Gasteiger partial charge in [0.15, 0.2) is 17.3 Å². The maximum Gasteiger partial charge on any atom is 0.358 e. The van der Waals surface area contributed by atoms with Crippen molar-refractivity contribution in [3.05, 3.63) is 11.9 Å². The van der Waals surface area contributed by atoms with Crippen molar-refractivity contribution >= 4 is 23.5 Å². The molecule has 0 aromatic carbocycles. The monoisotopic (exact) mass is 224 g/mol. The molecule has 0 aliphatic rings. The number of anilines is 2. The minimum atomic E-state index is -1.26. The van der Waals surface area contributed by atoms with E-state index in [1.807, 2.05) is 0 Å². The van der Waals surface area contributed by atoms with Crippen LogP contribution in [0, 0.1) is 5.92 Å². The largest absolute Gasteiger partial charge is 0.476 e. The first-order valence-electron chi connectivity index (χ1n) is 4.58. The molecule has 0 aliphatic carbocycles. The maximum atomic E-state index is 11.3. The summed E-state index contributed by atoms with van der Waals surface area (Å²) < 4.78 is 0. The maximum absolute atomic E-state index is 11.3. The smallest absolute Gasteiger partial charge is 0.358 e. The summed E-state index contributed by atoms with van der Waals surface area (Å²) >= 11 is 0. The number of hydrogen-bond donors (Lipinski definition) is 3. The lowest BCUT2D eigenvalue weighted by Gasteiger charge is -2.07. The predicted molar refractivity (Wildman–Crippen MR) is 56.9 cm³/mol. The van der Waals surface area contributed by atoms with Gasteiger partial charge in [0.05, 0.1) is 6.20 Å². The van der Waals surface area contributed by atoms with E-state index in [2.05, 4.69) is 15.3 Å². The standard InChI is InChI=1S/C9H12N4O3/c1-4(2)8(14)13-5-3-11-6(9(15)16)7(10)12-5/h3-4H,1-2H3,(H,15,16)(H3,10,12,13,14). The Bertz CT molecular complexity index is 431. The molecule has 0 atom stereocenters. The van der Waals surface area contributed by atoms with Gasteiger partial charge in [0, 0.05) is 5.92 Å². The number of carboxylic acids is 1. The summed E-state index contributed by atoms with van der Waals surface area (Å²) in [5.74, 6) is -1.79. The number of nitrogens with two attached hydrogens (primary N) is 1. The molecule has 0 aliphatic heterocycles. The van der Waals surface area contributed by atoms with Crippen LogP contribution in [0.3, 0.4) is 0 Å². The third-order valence-electron chi connectivity index (χ3n) is 1.78. The fraction of sp³-hybridized carbons (Fsp3) is 0.333. The molecule has 1 rings (SSSR count). The molecule has 7 nitrogen and oxygen atoms in total. The lowest BCUT2D eigenvalue weighted by Crippen LogP contribution is -2.19. The Kier molecular flexibility index (Phi) is 3.39. The first-order chi connectivity index (χ1) is 7.41. The molecule has 7 heteroatoms. The van der Waals surface area contributed by atoms with E-state index < -0.39 is 5.97 Å². The van der Waals surface area contributed by atoms with Crippen LogP contribution in [0.4, 0.5) is 11.6 Å². The lowest BCUT2D eigenvalue weighted by atomic mass is 10.2. The molecule has 0 unspecified atom stereocenters. The summed E-state index contributed by atoms with van der Waals surface area (Å²) in [7, 11) is 0. The Labute approximate surface area is 91.7 Å². The minimum Gasteiger partial charge on any atom is -0.476 e. The zero-order chi connectivity index (χ0) is 12.3. The average molecular weight is 224 g/mol. The molecule has 0 radical (unpaired) electrons. The van der Waals surface area contributed by atoms with Crippen molar-refractivity contribution in [2.45, 2.75) is 13.8 Å². The van der Waals surface area contributed by atoms with Gasteiger partial charge in [-0.3, -0.25) is 4.79 Å². The van der Waals surface area contributed by atoms with Gasteiger partial charge in [-0.05, 0) is 0 Å². The van der Waals surface area contributed by atoms with Crippen molar-refractivity contribution in [2.75, 3.05) is 11.1 Å². The van der Waals surface area contributed by atoms with Crippen LogP contribution in [0.15, 0.2) is 6.20 Å². The van der Waals surface area contributed by atoms with Gasteiger partial charge in [-0.15, -0.1) is 0 Å². The molecule has 1 aromatic rings. The van der Waals surface area contributed by atoms with E-state index in [1.165, 1.54) is 0 Å². The van der Waals surface area contributed by atoms with Crippen molar-refractivity contribution in [2.24, 2.45) is 5.92 Å². The molecule has 1 heterocycles. The number of nitrogens with one attached hydrogen (secondary N) is 1. The highest BCUT2D eigenvalue weighted by Crippen LogP contribution is 2.10. The molecule has 0 spiro atoms. The fourth-order valence-electron chi connectivity index (χ4n) is 0.899. The number of aromatic nitrogens is 2. The number of rotatable bonds is 3. The molecule has 0 bridgehead atoms. The van der Waals surface area contributed by atoms with E-state index in [9.17, 15) is 9.59 Å².